The fourth-order valence-corrected chi connectivity index (χ4v) is 3.73. The summed E-state index contributed by atoms with van der Waals surface area (Å²) in [6.45, 7) is 14.7. The zero-order valence-electron chi connectivity index (χ0n) is 20.1. The van der Waals surface area contributed by atoms with Gasteiger partial charge in [0.15, 0.2) is 12.4 Å². The maximum Gasteiger partial charge on any atom is 0.344 e. The Bertz CT molecular complexity index is 1040. The van der Waals surface area contributed by atoms with E-state index in [0.29, 0.717) is 23.1 Å². The highest BCUT2D eigenvalue weighted by atomic mass is 35.5. The average molecular weight is 490 g/mol. The van der Waals surface area contributed by atoms with E-state index >= 15 is 0 Å². The predicted octanol–water partition coefficient (Wildman–Crippen LogP) is 3.46. The fraction of sp³-hybridized carbons (Fsp3) is 0.458. The van der Waals surface area contributed by atoms with Crippen LogP contribution in [0.25, 0.3) is 5.82 Å². The molecule has 34 heavy (non-hydrogen) atoms. The van der Waals surface area contributed by atoms with Crippen molar-refractivity contribution < 1.29 is 19.1 Å². The third kappa shape index (κ3) is 7.50. The molecule has 2 heterocycles. The molecule has 3 rings (SSSR count). The number of benzene rings is 1. The fourth-order valence-electron chi connectivity index (χ4n) is 3.57. The number of halogens is 1. The van der Waals surface area contributed by atoms with E-state index in [9.17, 15) is 9.59 Å². The summed E-state index contributed by atoms with van der Waals surface area (Å²) in [5, 5.41) is 7.56. The molecule has 1 aromatic heterocycles. The number of rotatable bonds is 8. The lowest BCUT2D eigenvalue weighted by atomic mass is 10.1. The highest BCUT2D eigenvalue weighted by molar-refractivity contribution is 6.30. The maximum atomic E-state index is 12.1. The van der Waals surface area contributed by atoms with Gasteiger partial charge in [-0.2, -0.15) is 0 Å². The maximum absolute atomic E-state index is 12.1. The molecular formula is C24H32ClN5O4. The summed E-state index contributed by atoms with van der Waals surface area (Å²) in [6.07, 6.45) is 1.78. The van der Waals surface area contributed by atoms with Crippen molar-refractivity contribution in [1.82, 2.24) is 19.6 Å². The Morgan fingerprint density at radius 3 is 2.53 bits per heavy atom. The first-order valence-corrected chi connectivity index (χ1v) is 11.5. The van der Waals surface area contributed by atoms with Crippen LogP contribution in [0.4, 0.5) is 5.82 Å². The molecule has 0 spiro atoms. The minimum absolute atomic E-state index is 0.166. The second-order valence-electron chi connectivity index (χ2n) is 9.13. The molecule has 9 nitrogen and oxygen atoms in total. The summed E-state index contributed by atoms with van der Waals surface area (Å²) in [5.74, 6) is 1.23. The van der Waals surface area contributed by atoms with E-state index in [4.69, 9.17) is 21.1 Å². The number of nitrogens with one attached hydrogen (secondary N) is 1. The second-order valence-corrected chi connectivity index (χ2v) is 9.57. The van der Waals surface area contributed by atoms with Crippen LogP contribution in [0.2, 0.25) is 5.02 Å². The van der Waals surface area contributed by atoms with Crippen LogP contribution in [0.5, 0.6) is 5.75 Å². The molecular weight excluding hydrogens is 458 g/mol. The van der Waals surface area contributed by atoms with Crippen molar-refractivity contribution in [3.05, 3.63) is 47.6 Å². The van der Waals surface area contributed by atoms with Gasteiger partial charge in [0.1, 0.15) is 17.2 Å². The van der Waals surface area contributed by atoms with Gasteiger partial charge in [-0.15, -0.1) is 5.10 Å². The van der Waals surface area contributed by atoms with Gasteiger partial charge in [0.2, 0.25) is 5.91 Å². The van der Waals surface area contributed by atoms with Crippen molar-refractivity contribution in [2.75, 3.05) is 38.1 Å². The lowest BCUT2D eigenvalue weighted by molar-refractivity contribution is -0.157. The lowest BCUT2D eigenvalue weighted by Crippen LogP contribution is -2.45. The smallest absolute Gasteiger partial charge is 0.344 e. The van der Waals surface area contributed by atoms with E-state index in [-0.39, 0.29) is 12.5 Å². The zero-order chi connectivity index (χ0) is 24.9. The van der Waals surface area contributed by atoms with Crippen LogP contribution in [0.3, 0.4) is 0 Å². The first-order valence-electron chi connectivity index (χ1n) is 11.1. The quantitative estimate of drug-likeness (QED) is 0.568. The summed E-state index contributed by atoms with van der Waals surface area (Å²) in [7, 11) is 0. The summed E-state index contributed by atoms with van der Waals surface area (Å²) in [4.78, 5) is 27.7. The van der Waals surface area contributed by atoms with Crippen LogP contribution in [0.15, 0.2) is 37.0 Å². The van der Waals surface area contributed by atoms with Crippen molar-refractivity contribution in [2.24, 2.45) is 0 Å². The molecule has 1 fully saturated rings. The van der Waals surface area contributed by atoms with E-state index in [0.717, 1.165) is 37.6 Å². The van der Waals surface area contributed by atoms with E-state index in [1.165, 1.54) is 6.92 Å². The molecule has 0 unspecified atom stereocenters. The number of hydrogen-bond acceptors (Lipinski definition) is 7. The Morgan fingerprint density at radius 2 is 1.88 bits per heavy atom. The average Bonchev–Trinajstić information content (AvgIpc) is 3.20. The monoisotopic (exact) mass is 489 g/mol. The van der Waals surface area contributed by atoms with E-state index < -0.39 is 11.6 Å². The van der Waals surface area contributed by atoms with Crippen LogP contribution in [0, 0.1) is 0 Å². The van der Waals surface area contributed by atoms with Crippen molar-refractivity contribution in [3.8, 4) is 5.75 Å². The summed E-state index contributed by atoms with van der Waals surface area (Å²) < 4.78 is 12.8. The highest BCUT2D eigenvalue weighted by Gasteiger charge is 2.21. The number of esters is 1. The molecule has 0 bridgehead atoms. The van der Waals surface area contributed by atoms with Crippen molar-refractivity contribution in [1.29, 1.82) is 0 Å². The van der Waals surface area contributed by atoms with Crippen LogP contribution >= 0.6 is 11.6 Å². The van der Waals surface area contributed by atoms with Gasteiger partial charge in [-0.25, -0.2) is 9.48 Å². The number of ether oxygens (including phenoxy) is 2. The summed E-state index contributed by atoms with van der Waals surface area (Å²) in [6, 6.07) is 7.21. The highest BCUT2D eigenvalue weighted by Crippen LogP contribution is 2.26. The van der Waals surface area contributed by atoms with Gasteiger partial charge in [-0.3, -0.25) is 9.69 Å². The van der Waals surface area contributed by atoms with E-state index in [1.807, 2.05) is 32.9 Å². The molecule has 0 atom stereocenters. The molecule has 0 radical (unpaired) electrons. The zero-order valence-corrected chi connectivity index (χ0v) is 20.9. The molecule has 184 valence electrons. The summed E-state index contributed by atoms with van der Waals surface area (Å²) in [5.41, 5.74) is 0.385. The number of aromatic nitrogens is 2. The van der Waals surface area contributed by atoms with Crippen molar-refractivity contribution in [2.45, 2.75) is 39.8 Å². The molecule has 1 aromatic carbocycles. The molecule has 2 aromatic rings. The lowest BCUT2D eigenvalue weighted by Gasteiger charge is -2.36. The first kappa shape index (κ1) is 25.6. The van der Waals surface area contributed by atoms with Gasteiger partial charge in [-0.05, 0) is 32.9 Å². The first-order chi connectivity index (χ1) is 16.0. The van der Waals surface area contributed by atoms with Crippen molar-refractivity contribution in [3.63, 3.8) is 0 Å². The van der Waals surface area contributed by atoms with Crippen LogP contribution in [0.1, 0.15) is 33.3 Å². The van der Waals surface area contributed by atoms with Crippen LogP contribution in [-0.2, 0) is 20.9 Å². The number of carbonyl (C=O) groups is 2. The van der Waals surface area contributed by atoms with Gasteiger partial charge in [0, 0.05) is 62.5 Å². The molecule has 0 saturated carbocycles. The Hall–Kier alpha value is -3.04. The molecule has 1 amide bonds. The van der Waals surface area contributed by atoms with Crippen LogP contribution < -0.4 is 10.1 Å². The molecule has 1 aliphatic heterocycles. The number of anilines is 1. The minimum atomic E-state index is -0.567. The number of piperazine rings is 1. The topological polar surface area (TPSA) is 88.9 Å². The minimum Gasteiger partial charge on any atom is -0.482 e. The van der Waals surface area contributed by atoms with Crippen molar-refractivity contribution >= 4 is 35.1 Å². The molecule has 1 aliphatic rings. The van der Waals surface area contributed by atoms with Crippen LogP contribution in [-0.4, -0.2) is 69.8 Å². The number of hydrogen-bond donors (Lipinski definition) is 1. The Labute approximate surface area is 205 Å². The number of amides is 1. The summed E-state index contributed by atoms with van der Waals surface area (Å²) >= 11 is 6.17. The largest absolute Gasteiger partial charge is 0.482 e. The Kier molecular flexibility index (Phi) is 8.22. The number of carbonyl (C=O) groups excluding carboxylic acids is 2. The Morgan fingerprint density at radius 1 is 1.18 bits per heavy atom. The van der Waals surface area contributed by atoms with E-state index in [2.05, 4.69) is 26.8 Å². The third-order valence-electron chi connectivity index (χ3n) is 5.08. The molecule has 1 N–H and O–H groups in total. The number of nitrogens with zero attached hydrogens (tertiary/aromatic N) is 4. The third-order valence-corrected chi connectivity index (χ3v) is 5.32. The normalized spacial score (nSPS) is 14.6. The van der Waals surface area contributed by atoms with E-state index in [1.54, 1.807) is 23.0 Å². The molecule has 0 aliphatic carbocycles. The van der Waals surface area contributed by atoms with Gasteiger partial charge in [0.05, 0.1) is 0 Å². The SMILES string of the molecule is C=C(N1CCN(Cc2ccc(Cl)cc2OCC(=O)OC(C)(C)C)CC1)n1ccc(NC(C)=O)n1. The Balaban J connectivity index is 1.55. The van der Waals surface area contributed by atoms with Gasteiger partial charge >= 0.3 is 5.97 Å². The second kappa shape index (κ2) is 10.9. The van der Waals surface area contributed by atoms with Gasteiger partial charge in [-0.1, -0.05) is 24.2 Å². The van der Waals surface area contributed by atoms with Gasteiger partial charge in [0.25, 0.3) is 0 Å². The van der Waals surface area contributed by atoms with Gasteiger partial charge < -0.3 is 19.7 Å². The predicted molar refractivity (Wildman–Crippen MR) is 132 cm³/mol. The standard InChI is InChI=1S/C24H32ClN5O4/c1-17(31)26-22-8-9-30(27-22)18(2)29-12-10-28(11-13-29)15-19-6-7-20(25)14-21(19)33-16-23(32)34-24(3,4)5/h6-9,14H,2,10-13,15-16H2,1,3-5H3,(H,26,27,31). The molecule has 1 saturated heterocycles. The molecule has 10 heteroatoms.